The van der Waals surface area contributed by atoms with E-state index in [1.165, 1.54) is 6.07 Å². The largest absolute Gasteiger partial charge is 0.388 e. The Balaban J connectivity index is 3.09. The quantitative estimate of drug-likeness (QED) is 0.486. The number of hydrogen-bond donors (Lipinski definition) is 3. The van der Waals surface area contributed by atoms with Gasteiger partial charge in [0.05, 0.1) is 0 Å². The fourth-order valence-corrected chi connectivity index (χ4v) is 1.23. The van der Waals surface area contributed by atoms with Gasteiger partial charge in [0, 0.05) is 19.3 Å². The lowest BCUT2D eigenvalue weighted by atomic mass is 10.1. The predicted octanol–water partition coefficient (Wildman–Crippen LogP) is 1.14. The molecule has 0 aliphatic heterocycles. The molecule has 0 atom stereocenters. The second-order valence-corrected chi connectivity index (χ2v) is 2.89. The van der Waals surface area contributed by atoms with Crippen molar-refractivity contribution in [3.63, 3.8) is 0 Å². The molecule has 0 unspecified atom stereocenters. The molecule has 0 bridgehead atoms. The van der Waals surface area contributed by atoms with Gasteiger partial charge in [0.25, 0.3) is 0 Å². The molecule has 3 nitrogen and oxygen atoms in total. The molecule has 4 N–H and O–H groups in total. The number of hydrazine groups is 1. The Morgan fingerprint density at radius 3 is 2.69 bits per heavy atom. The molecule has 0 heterocycles. The van der Waals surface area contributed by atoms with E-state index in [2.05, 4.69) is 10.7 Å². The maximum atomic E-state index is 13.1. The van der Waals surface area contributed by atoms with E-state index < -0.39 is 0 Å². The molecule has 0 spiro atoms. The average molecular weight is 183 g/mol. The minimum Gasteiger partial charge on any atom is -0.388 e. The number of halogens is 1. The van der Waals surface area contributed by atoms with Crippen molar-refractivity contribution in [2.24, 2.45) is 5.84 Å². The number of anilines is 1. The smallest absolute Gasteiger partial charge is 0.128 e. The zero-order valence-corrected chi connectivity index (χ0v) is 7.82. The van der Waals surface area contributed by atoms with Gasteiger partial charge in [0.15, 0.2) is 0 Å². The van der Waals surface area contributed by atoms with Gasteiger partial charge in [-0.2, -0.15) is 0 Å². The van der Waals surface area contributed by atoms with Gasteiger partial charge < -0.3 is 5.32 Å². The lowest BCUT2D eigenvalue weighted by molar-refractivity contribution is 0.617. The summed E-state index contributed by atoms with van der Waals surface area (Å²) < 4.78 is 13.1. The first-order chi connectivity index (χ1) is 6.19. The Labute approximate surface area is 77.1 Å². The highest BCUT2D eigenvalue weighted by Crippen LogP contribution is 2.19. The molecular formula is C9H14FN3. The van der Waals surface area contributed by atoms with Gasteiger partial charge in [-0.15, -0.1) is 0 Å². The van der Waals surface area contributed by atoms with Crippen LogP contribution in [0.25, 0.3) is 0 Å². The van der Waals surface area contributed by atoms with Crippen molar-refractivity contribution >= 4 is 5.69 Å². The topological polar surface area (TPSA) is 50.1 Å². The van der Waals surface area contributed by atoms with Gasteiger partial charge in [-0.25, -0.2) is 4.39 Å². The number of nitrogens with one attached hydrogen (secondary N) is 2. The average Bonchev–Trinajstić information content (AvgIpc) is 2.11. The van der Waals surface area contributed by atoms with E-state index in [4.69, 9.17) is 5.84 Å². The van der Waals surface area contributed by atoms with E-state index >= 15 is 0 Å². The molecule has 0 aliphatic rings. The van der Waals surface area contributed by atoms with Crippen LogP contribution in [0.15, 0.2) is 12.1 Å². The van der Waals surface area contributed by atoms with Crippen LogP contribution >= 0.6 is 0 Å². The molecule has 0 aliphatic carbocycles. The van der Waals surface area contributed by atoms with E-state index in [1.54, 1.807) is 20.0 Å². The van der Waals surface area contributed by atoms with Crippen LogP contribution in [0.2, 0.25) is 0 Å². The highest BCUT2D eigenvalue weighted by atomic mass is 19.1. The molecule has 1 rings (SSSR count). The Bertz CT molecular complexity index is 299. The maximum Gasteiger partial charge on any atom is 0.128 e. The molecule has 1 aromatic rings. The van der Waals surface area contributed by atoms with E-state index in [0.717, 1.165) is 11.3 Å². The Morgan fingerprint density at radius 1 is 1.46 bits per heavy atom. The fourth-order valence-electron chi connectivity index (χ4n) is 1.23. The number of hydrogen-bond acceptors (Lipinski definition) is 3. The minimum absolute atomic E-state index is 0.204. The highest BCUT2D eigenvalue weighted by molar-refractivity contribution is 5.52. The maximum absolute atomic E-state index is 13.1. The third kappa shape index (κ3) is 2.17. The summed E-state index contributed by atoms with van der Waals surface area (Å²) >= 11 is 0. The summed E-state index contributed by atoms with van der Waals surface area (Å²) in [5.74, 6) is 5.00. The molecule has 13 heavy (non-hydrogen) atoms. The third-order valence-corrected chi connectivity index (χ3v) is 1.95. The van der Waals surface area contributed by atoms with E-state index in [0.29, 0.717) is 12.1 Å². The number of aryl methyl sites for hydroxylation is 1. The molecule has 0 saturated heterocycles. The first-order valence-electron chi connectivity index (χ1n) is 4.09. The molecule has 0 fully saturated rings. The molecule has 0 aromatic heterocycles. The summed E-state index contributed by atoms with van der Waals surface area (Å²) in [5.41, 5.74) is 4.90. The number of benzene rings is 1. The van der Waals surface area contributed by atoms with E-state index in [1.807, 2.05) is 0 Å². The second-order valence-electron chi connectivity index (χ2n) is 2.89. The summed E-state index contributed by atoms with van der Waals surface area (Å²) in [5, 5.41) is 2.91. The third-order valence-electron chi connectivity index (χ3n) is 1.95. The Hall–Kier alpha value is -1.13. The minimum atomic E-state index is -0.204. The summed E-state index contributed by atoms with van der Waals surface area (Å²) in [6.45, 7) is 2.26. The van der Waals surface area contributed by atoms with Crippen LogP contribution in [0.4, 0.5) is 10.1 Å². The lowest BCUT2D eigenvalue weighted by Crippen LogP contribution is -2.21. The second kappa shape index (κ2) is 4.20. The van der Waals surface area contributed by atoms with Crippen LogP contribution in [0, 0.1) is 12.7 Å². The van der Waals surface area contributed by atoms with Crippen molar-refractivity contribution in [2.75, 3.05) is 12.4 Å². The van der Waals surface area contributed by atoms with Crippen LogP contribution in [-0.2, 0) is 6.54 Å². The highest BCUT2D eigenvalue weighted by Gasteiger charge is 2.04. The molecule has 0 radical (unpaired) electrons. The standard InChI is InChI=1S/C9H14FN3/c1-6-3-7(5-13-11)9(12-2)4-8(6)10/h3-4,12-13H,5,11H2,1-2H3. The first kappa shape index (κ1) is 9.95. The predicted molar refractivity (Wildman–Crippen MR) is 51.7 cm³/mol. The van der Waals surface area contributed by atoms with Crippen LogP contribution < -0.4 is 16.6 Å². The number of nitrogens with two attached hydrogens (primary N) is 1. The molecular weight excluding hydrogens is 169 g/mol. The summed E-state index contributed by atoms with van der Waals surface area (Å²) in [4.78, 5) is 0. The van der Waals surface area contributed by atoms with Gasteiger partial charge in [0.1, 0.15) is 5.82 Å². The first-order valence-corrected chi connectivity index (χ1v) is 4.09. The molecule has 1 aromatic carbocycles. The van der Waals surface area contributed by atoms with Crippen LogP contribution in [-0.4, -0.2) is 7.05 Å². The SMILES string of the molecule is CNc1cc(F)c(C)cc1CNN. The Kier molecular flexibility index (Phi) is 3.22. The van der Waals surface area contributed by atoms with Crippen molar-refractivity contribution in [3.05, 3.63) is 29.1 Å². The van der Waals surface area contributed by atoms with Crippen LogP contribution in [0.3, 0.4) is 0 Å². The monoisotopic (exact) mass is 183 g/mol. The lowest BCUT2D eigenvalue weighted by Gasteiger charge is -2.10. The summed E-state index contributed by atoms with van der Waals surface area (Å²) in [6, 6.07) is 3.25. The normalized spacial score (nSPS) is 10.2. The van der Waals surface area contributed by atoms with Crippen molar-refractivity contribution in [1.82, 2.24) is 5.43 Å². The van der Waals surface area contributed by atoms with E-state index in [-0.39, 0.29) is 5.82 Å². The van der Waals surface area contributed by atoms with Crippen molar-refractivity contribution in [2.45, 2.75) is 13.5 Å². The summed E-state index contributed by atoms with van der Waals surface area (Å²) in [6.07, 6.45) is 0. The fraction of sp³-hybridized carbons (Fsp3) is 0.333. The molecule has 72 valence electrons. The van der Waals surface area contributed by atoms with Gasteiger partial charge in [-0.05, 0) is 30.2 Å². The Morgan fingerprint density at radius 2 is 2.15 bits per heavy atom. The molecule has 0 amide bonds. The van der Waals surface area contributed by atoms with E-state index in [9.17, 15) is 4.39 Å². The van der Waals surface area contributed by atoms with Gasteiger partial charge in [-0.1, -0.05) is 0 Å². The van der Waals surface area contributed by atoms with Gasteiger partial charge in [-0.3, -0.25) is 11.3 Å². The van der Waals surface area contributed by atoms with Crippen molar-refractivity contribution in [3.8, 4) is 0 Å². The van der Waals surface area contributed by atoms with Crippen molar-refractivity contribution < 1.29 is 4.39 Å². The van der Waals surface area contributed by atoms with Crippen molar-refractivity contribution in [1.29, 1.82) is 0 Å². The number of rotatable bonds is 3. The molecule has 4 heteroatoms. The van der Waals surface area contributed by atoms with Crippen LogP contribution in [0.1, 0.15) is 11.1 Å². The zero-order chi connectivity index (χ0) is 9.84. The van der Waals surface area contributed by atoms with Gasteiger partial charge >= 0.3 is 0 Å². The molecule has 0 saturated carbocycles. The van der Waals surface area contributed by atoms with Crippen LogP contribution in [0.5, 0.6) is 0 Å². The zero-order valence-electron chi connectivity index (χ0n) is 7.82. The van der Waals surface area contributed by atoms with Gasteiger partial charge in [0.2, 0.25) is 0 Å². The summed E-state index contributed by atoms with van der Waals surface area (Å²) in [7, 11) is 1.75.